The smallest absolute Gasteiger partial charge is 0.267 e. The van der Waals surface area contributed by atoms with Crippen LogP contribution in [0.1, 0.15) is 28.4 Å². The predicted molar refractivity (Wildman–Crippen MR) is 125 cm³/mol. The van der Waals surface area contributed by atoms with Crippen LogP contribution in [0.4, 0.5) is 11.4 Å². The second-order valence-corrected chi connectivity index (χ2v) is 7.92. The first-order valence-electron chi connectivity index (χ1n) is 10.6. The first-order valence-corrected chi connectivity index (χ1v) is 10.6. The molecule has 6 heteroatoms. The molecule has 4 rings (SSSR count). The third-order valence-electron chi connectivity index (χ3n) is 5.28. The molecule has 1 heterocycles. The van der Waals surface area contributed by atoms with Crippen molar-refractivity contribution in [2.45, 2.75) is 26.9 Å². The largest absolute Gasteiger partial charge is 0.492 e. The number of carbonyl (C=O) groups is 2. The number of hydrogen-bond donors (Lipinski definition) is 1. The molecule has 3 aromatic rings. The van der Waals surface area contributed by atoms with Crippen LogP contribution in [-0.4, -0.2) is 31.1 Å². The number of aryl methyl sites for hydroxylation is 2. The first-order chi connectivity index (χ1) is 15.4. The summed E-state index contributed by atoms with van der Waals surface area (Å²) in [5.41, 5.74) is 3.90. The molecule has 0 bridgehead atoms. The topological polar surface area (TPSA) is 67.9 Å². The third kappa shape index (κ3) is 4.75. The van der Waals surface area contributed by atoms with Gasteiger partial charge >= 0.3 is 0 Å². The van der Waals surface area contributed by atoms with E-state index in [1.165, 1.54) is 0 Å². The van der Waals surface area contributed by atoms with Crippen LogP contribution >= 0.6 is 0 Å². The molecule has 1 unspecified atom stereocenters. The average molecular weight is 431 g/mol. The summed E-state index contributed by atoms with van der Waals surface area (Å²) in [5, 5.41) is 2.91. The number of hydrogen-bond acceptors (Lipinski definition) is 4. The van der Waals surface area contributed by atoms with Crippen molar-refractivity contribution >= 4 is 23.2 Å². The molecular weight excluding hydrogens is 404 g/mol. The third-order valence-corrected chi connectivity index (χ3v) is 5.28. The number of fused-ring (bicyclic) bond motifs is 1. The zero-order chi connectivity index (χ0) is 22.7. The minimum absolute atomic E-state index is 0.146. The van der Waals surface area contributed by atoms with Gasteiger partial charge < -0.3 is 19.7 Å². The molecule has 0 saturated heterocycles. The van der Waals surface area contributed by atoms with Gasteiger partial charge in [-0.25, -0.2) is 0 Å². The summed E-state index contributed by atoms with van der Waals surface area (Å²) in [6, 6.07) is 20.5. The normalized spacial score (nSPS) is 15.0. The lowest BCUT2D eigenvalue weighted by Crippen LogP contribution is -2.46. The van der Waals surface area contributed by atoms with E-state index in [1.807, 2.05) is 56.3 Å². The van der Waals surface area contributed by atoms with Crippen molar-refractivity contribution in [3.05, 3.63) is 83.4 Å². The molecule has 164 valence electrons. The van der Waals surface area contributed by atoms with E-state index in [9.17, 15) is 9.59 Å². The maximum Gasteiger partial charge on any atom is 0.267 e. The summed E-state index contributed by atoms with van der Waals surface area (Å²) >= 11 is 0. The molecule has 6 nitrogen and oxygen atoms in total. The van der Waals surface area contributed by atoms with Gasteiger partial charge in [-0.15, -0.1) is 0 Å². The van der Waals surface area contributed by atoms with Crippen molar-refractivity contribution in [3.63, 3.8) is 0 Å². The minimum atomic E-state index is -0.589. The van der Waals surface area contributed by atoms with E-state index in [4.69, 9.17) is 9.47 Å². The van der Waals surface area contributed by atoms with E-state index in [-0.39, 0.29) is 11.8 Å². The van der Waals surface area contributed by atoms with Gasteiger partial charge in [0, 0.05) is 11.3 Å². The van der Waals surface area contributed by atoms with Crippen LogP contribution < -0.4 is 19.7 Å². The Labute approximate surface area is 187 Å². The monoisotopic (exact) mass is 430 g/mol. The number of ether oxygens (including phenoxy) is 2. The maximum atomic E-state index is 12.8. The molecule has 1 aliphatic heterocycles. The highest BCUT2D eigenvalue weighted by molar-refractivity contribution is 6.05. The van der Waals surface area contributed by atoms with Crippen molar-refractivity contribution < 1.29 is 19.1 Å². The standard InChI is InChI=1S/C26H26N2O4/c1-17-6-4-8-20(14-17)25(29)27-21-10-11-24-23(16-21)28(26(30)19(3)32-24)12-13-31-22-9-5-7-18(2)15-22/h4-11,14-16,19H,12-13H2,1-3H3,(H,27,29). The Morgan fingerprint density at radius 1 is 1.03 bits per heavy atom. The van der Waals surface area contributed by atoms with Crippen LogP contribution in [-0.2, 0) is 4.79 Å². The fraction of sp³-hybridized carbons (Fsp3) is 0.231. The van der Waals surface area contributed by atoms with Crippen LogP contribution in [0.25, 0.3) is 0 Å². The van der Waals surface area contributed by atoms with Crippen molar-refractivity contribution in [2.75, 3.05) is 23.4 Å². The summed E-state index contributed by atoms with van der Waals surface area (Å²) in [6.07, 6.45) is -0.589. The van der Waals surface area contributed by atoms with Gasteiger partial charge in [-0.3, -0.25) is 9.59 Å². The number of benzene rings is 3. The lowest BCUT2D eigenvalue weighted by Gasteiger charge is -2.33. The van der Waals surface area contributed by atoms with Crippen molar-refractivity contribution in [3.8, 4) is 11.5 Å². The highest BCUT2D eigenvalue weighted by Gasteiger charge is 2.31. The number of carbonyl (C=O) groups excluding carboxylic acids is 2. The summed E-state index contributed by atoms with van der Waals surface area (Å²) in [7, 11) is 0. The minimum Gasteiger partial charge on any atom is -0.492 e. The Morgan fingerprint density at radius 3 is 2.53 bits per heavy atom. The molecule has 0 aliphatic carbocycles. The van der Waals surface area contributed by atoms with E-state index in [0.29, 0.717) is 35.8 Å². The molecule has 3 aromatic carbocycles. The molecule has 2 amide bonds. The number of nitrogens with one attached hydrogen (secondary N) is 1. The average Bonchev–Trinajstić information content (AvgIpc) is 2.77. The molecule has 0 radical (unpaired) electrons. The van der Waals surface area contributed by atoms with Gasteiger partial charge in [0.1, 0.15) is 18.1 Å². The van der Waals surface area contributed by atoms with Crippen molar-refractivity contribution in [2.24, 2.45) is 0 Å². The van der Waals surface area contributed by atoms with Gasteiger partial charge in [-0.2, -0.15) is 0 Å². The van der Waals surface area contributed by atoms with Crippen LogP contribution in [0.5, 0.6) is 11.5 Å². The second kappa shape index (κ2) is 9.14. The molecule has 0 spiro atoms. The van der Waals surface area contributed by atoms with E-state index < -0.39 is 6.10 Å². The molecular formula is C26H26N2O4. The van der Waals surface area contributed by atoms with Gasteiger partial charge in [-0.1, -0.05) is 29.8 Å². The number of rotatable bonds is 6. The van der Waals surface area contributed by atoms with Gasteiger partial charge in [0.25, 0.3) is 11.8 Å². The zero-order valence-corrected chi connectivity index (χ0v) is 18.4. The molecule has 0 saturated carbocycles. The lowest BCUT2D eigenvalue weighted by atomic mass is 10.1. The predicted octanol–water partition coefficient (Wildman–Crippen LogP) is 4.75. The van der Waals surface area contributed by atoms with Crippen LogP contribution in [0.3, 0.4) is 0 Å². The summed E-state index contributed by atoms with van der Waals surface area (Å²) in [4.78, 5) is 27.1. The molecule has 1 N–H and O–H groups in total. The second-order valence-electron chi connectivity index (χ2n) is 7.92. The van der Waals surface area contributed by atoms with Crippen LogP contribution in [0.15, 0.2) is 66.7 Å². The summed E-state index contributed by atoms with van der Waals surface area (Å²) < 4.78 is 11.6. The maximum absolute atomic E-state index is 12.8. The molecule has 1 aliphatic rings. The fourth-order valence-corrected chi connectivity index (χ4v) is 3.66. The van der Waals surface area contributed by atoms with E-state index in [1.54, 1.807) is 36.1 Å². The van der Waals surface area contributed by atoms with E-state index >= 15 is 0 Å². The summed E-state index contributed by atoms with van der Waals surface area (Å²) in [5.74, 6) is 1.01. The Kier molecular flexibility index (Phi) is 6.12. The Balaban J connectivity index is 1.51. The fourth-order valence-electron chi connectivity index (χ4n) is 3.66. The Bertz CT molecular complexity index is 1160. The van der Waals surface area contributed by atoms with Crippen LogP contribution in [0.2, 0.25) is 0 Å². The molecule has 32 heavy (non-hydrogen) atoms. The van der Waals surface area contributed by atoms with Gasteiger partial charge in [0.15, 0.2) is 6.10 Å². The van der Waals surface area contributed by atoms with E-state index in [0.717, 1.165) is 16.9 Å². The van der Waals surface area contributed by atoms with Gasteiger partial charge in [0.2, 0.25) is 0 Å². The van der Waals surface area contributed by atoms with Crippen molar-refractivity contribution in [1.82, 2.24) is 0 Å². The van der Waals surface area contributed by atoms with Crippen molar-refractivity contribution in [1.29, 1.82) is 0 Å². The number of nitrogens with zero attached hydrogens (tertiary/aromatic N) is 1. The summed E-state index contributed by atoms with van der Waals surface area (Å²) in [6.45, 7) is 6.37. The quantitative estimate of drug-likeness (QED) is 0.613. The first kappa shape index (κ1) is 21.4. The zero-order valence-electron chi connectivity index (χ0n) is 18.4. The molecule has 1 atom stereocenters. The highest BCUT2D eigenvalue weighted by atomic mass is 16.5. The Hall–Kier alpha value is -3.80. The van der Waals surface area contributed by atoms with Gasteiger partial charge in [0.05, 0.1) is 12.2 Å². The number of amides is 2. The number of anilines is 2. The molecule has 0 fully saturated rings. The highest BCUT2D eigenvalue weighted by Crippen LogP contribution is 2.36. The van der Waals surface area contributed by atoms with Crippen LogP contribution in [0, 0.1) is 13.8 Å². The SMILES string of the molecule is Cc1cccc(OCCN2C(=O)C(C)Oc3ccc(NC(=O)c4cccc(C)c4)cc32)c1. The molecule has 0 aromatic heterocycles. The van der Waals surface area contributed by atoms with Gasteiger partial charge in [-0.05, 0) is 68.8 Å². The Morgan fingerprint density at radius 2 is 1.78 bits per heavy atom. The van der Waals surface area contributed by atoms with E-state index in [2.05, 4.69) is 5.32 Å². The lowest BCUT2D eigenvalue weighted by molar-refractivity contribution is -0.125.